The summed E-state index contributed by atoms with van der Waals surface area (Å²) in [5.41, 5.74) is 1.02. The third-order valence-electron chi connectivity index (χ3n) is 3.68. The van der Waals surface area contributed by atoms with Gasteiger partial charge in [0.05, 0.1) is 23.8 Å². The molecule has 0 bridgehead atoms. The molecule has 0 atom stereocenters. The molecule has 30 heavy (non-hydrogen) atoms. The van der Waals surface area contributed by atoms with Gasteiger partial charge in [0.15, 0.2) is 11.5 Å². The Labute approximate surface area is 183 Å². The highest BCUT2D eigenvalue weighted by Gasteiger charge is 2.12. The van der Waals surface area contributed by atoms with Gasteiger partial charge in [-0.15, -0.1) is 0 Å². The predicted molar refractivity (Wildman–Crippen MR) is 114 cm³/mol. The molecule has 2 aromatic rings. The Bertz CT molecular complexity index is 1050. The van der Waals surface area contributed by atoms with Crippen LogP contribution in [0.5, 0.6) is 11.5 Å². The van der Waals surface area contributed by atoms with Gasteiger partial charge in [0.25, 0.3) is 0 Å². The van der Waals surface area contributed by atoms with Gasteiger partial charge < -0.3 is 14.2 Å². The summed E-state index contributed by atoms with van der Waals surface area (Å²) in [4.78, 5) is 23.9. The third-order valence-corrected chi connectivity index (χ3v) is 4.42. The van der Waals surface area contributed by atoms with E-state index in [4.69, 9.17) is 42.7 Å². The molecule has 0 aliphatic carbocycles. The number of halogens is 2. The molecule has 8 heteroatoms. The number of methoxy groups -OCH3 is 1. The topological polar surface area (TPSA) is 85.6 Å². The van der Waals surface area contributed by atoms with E-state index in [1.807, 2.05) is 0 Å². The second-order valence-corrected chi connectivity index (χ2v) is 6.54. The molecule has 0 spiro atoms. The average molecular weight is 446 g/mol. The van der Waals surface area contributed by atoms with Crippen molar-refractivity contribution in [3.8, 4) is 17.6 Å². The van der Waals surface area contributed by atoms with Gasteiger partial charge in [0, 0.05) is 6.08 Å². The van der Waals surface area contributed by atoms with Gasteiger partial charge in [-0.2, -0.15) is 5.26 Å². The Hall–Kier alpha value is -3.27. The number of esters is 2. The molecule has 2 aromatic carbocycles. The van der Waals surface area contributed by atoms with Gasteiger partial charge in [-0.05, 0) is 54.5 Å². The minimum atomic E-state index is -0.720. The molecule has 0 aliphatic rings. The van der Waals surface area contributed by atoms with Gasteiger partial charge in [-0.25, -0.2) is 9.59 Å². The van der Waals surface area contributed by atoms with Crippen molar-refractivity contribution in [1.82, 2.24) is 0 Å². The molecular formula is C22H17Cl2NO5. The average Bonchev–Trinajstić information content (AvgIpc) is 2.73. The summed E-state index contributed by atoms with van der Waals surface area (Å²) in [6, 6.07) is 11.3. The Morgan fingerprint density at radius 3 is 2.43 bits per heavy atom. The fourth-order valence-corrected chi connectivity index (χ4v) is 2.60. The molecule has 0 fully saturated rings. The number of benzene rings is 2. The Morgan fingerprint density at radius 2 is 1.80 bits per heavy atom. The number of ether oxygens (including phenoxy) is 3. The van der Waals surface area contributed by atoms with E-state index < -0.39 is 11.9 Å². The van der Waals surface area contributed by atoms with E-state index in [0.717, 1.165) is 0 Å². The number of carbonyl (C=O) groups excluding carboxylic acids is 2. The monoisotopic (exact) mass is 445 g/mol. The molecule has 154 valence electrons. The molecule has 0 saturated heterocycles. The number of nitriles is 1. The van der Waals surface area contributed by atoms with Crippen LogP contribution >= 0.6 is 23.2 Å². The highest BCUT2D eigenvalue weighted by Crippen LogP contribution is 2.29. The van der Waals surface area contributed by atoms with Crippen LogP contribution in [0.2, 0.25) is 10.0 Å². The Kier molecular flexibility index (Phi) is 8.48. The van der Waals surface area contributed by atoms with Gasteiger partial charge >= 0.3 is 11.9 Å². The zero-order chi connectivity index (χ0) is 22.1. The largest absolute Gasteiger partial charge is 0.493 e. The zero-order valence-electron chi connectivity index (χ0n) is 16.1. The van der Waals surface area contributed by atoms with Crippen LogP contribution < -0.4 is 9.47 Å². The van der Waals surface area contributed by atoms with Crippen molar-refractivity contribution in [3.63, 3.8) is 0 Å². The van der Waals surface area contributed by atoms with Crippen molar-refractivity contribution in [3.05, 3.63) is 69.2 Å². The van der Waals surface area contributed by atoms with Crippen molar-refractivity contribution in [1.29, 1.82) is 5.26 Å². The standard InChI is InChI=1S/C22H17Cl2NO5/c1-3-29-22(27)16(13-25)10-15-5-8-19(20(12-15)28-2)30-21(26)9-6-14-4-7-17(23)18(24)11-14/h4-12H,3H2,1-2H3/b9-6+,16-10+. The van der Waals surface area contributed by atoms with E-state index in [-0.39, 0.29) is 23.7 Å². The van der Waals surface area contributed by atoms with Crippen LogP contribution in [0.1, 0.15) is 18.1 Å². The third kappa shape index (κ3) is 6.38. The van der Waals surface area contributed by atoms with E-state index in [1.54, 1.807) is 37.3 Å². The van der Waals surface area contributed by atoms with E-state index in [2.05, 4.69) is 0 Å². The maximum absolute atomic E-state index is 12.1. The van der Waals surface area contributed by atoms with Crippen LogP contribution in [0.3, 0.4) is 0 Å². The quantitative estimate of drug-likeness (QED) is 0.255. The lowest BCUT2D eigenvalue weighted by atomic mass is 10.1. The normalized spacial score (nSPS) is 11.1. The summed E-state index contributed by atoms with van der Waals surface area (Å²) in [7, 11) is 1.41. The predicted octanol–water partition coefficient (Wildman–Crippen LogP) is 5.09. The first-order valence-corrected chi connectivity index (χ1v) is 9.45. The molecule has 6 nitrogen and oxygen atoms in total. The summed E-state index contributed by atoms with van der Waals surface area (Å²) in [6.07, 6.45) is 4.13. The van der Waals surface area contributed by atoms with Gasteiger partial charge in [0.1, 0.15) is 11.6 Å². The smallest absolute Gasteiger partial charge is 0.348 e. The van der Waals surface area contributed by atoms with Gasteiger partial charge in [-0.3, -0.25) is 0 Å². The molecular weight excluding hydrogens is 429 g/mol. The second-order valence-electron chi connectivity index (χ2n) is 5.73. The lowest BCUT2D eigenvalue weighted by molar-refractivity contribution is -0.138. The first-order chi connectivity index (χ1) is 14.4. The van der Waals surface area contributed by atoms with E-state index >= 15 is 0 Å². The van der Waals surface area contributed by atoms with Crippen molar-refractivity contribution >= 4 is 47.3 Å². The fourth-order valence-electron chi connectivity index (χ4n) is 2.29. The fraction of sp³-hybridized carbons (Fsp3) is 0.136. The van der Waals surface area contributed by atoms with Crippen LogP contribution in [0, 0.1) is 11.3 Å². The van der Waals surface area contributed by atoms with Crippen LogP contribution in [-0.4, -0.2) is 25.7 Å². The molecule has 0 radical (unpaired) electrons. The second kappa shape index (κ2) is 11.1. The molecule has 0 aliphatic heterocycles. The lowest BCUT2D eigenvalue weighted by Crippen LogP contribution is -2.06. The van der Waals surface area contributed by atoms with Crippen molar-refractivity contribution < 1.29 is 23.8 Å². The molecule has 0 heterocycles. The summed E-state index contributed by atoms with van der Waals surface area (Å²) >= 11 is 11.8. The number of hydrogen-bond donors (Lipinski definition) is 0. The summed E-state index contributed by atoms with van der Waals surface area (Å²) < 4.78 is 15.4. The molecule has 0 N–H and O–H groups in total. The van der Waals surface area contributed by atoms with Crippen molar-refractivity contribution in [2.24, 2.45) is 0 Å². The first kappa shape index (κ1) is 23.0. The summed E-state index contributed by atoms with van der Waals surface area (Å²) in [5, 5.41) is 9.91. The SMILES string of the molecule is CCOC(=O)/C(C#N)=C/c1ccc(OC(=O)/C=C/c2ccc(Cl)c(Cl)c2)c(OC)c1. The van der Waals surface area contributed by atoms with Gasteiger partial charge in [0.2, 0.25) is 0 Å². The highest BCUT2D eigenvalue weighted by atomic mass is 35.5. The van der Waals surface area contributed by atoms with Crippen LogP contribution in [0.15, 0.2) is 48.0 Å². The number of hydrogen-bond acceptors (Lipinski definition) is 6. The van der Waals surface area contributed by atoms with Gasteiger partial charge in [-0.1, -0.05) is 35.3 Å². The lowest BCUT2D eigenvalue weighted by Gasteiger charge is -2.09. The maximum Gasteiger partial charge on any atom is 0.348 e. The maximum atomic E-state index is 12.1. The molecule has 0 amide bonds. The Balaban J connectivity index is 2.17. The molecule has 2 rings (SSSR count). The Morgan fingerprint density at radius 1 is 1.07 bits per heavy atom. The number of rotatable bonds is 7. The summed E-state index contributed by atoms with van der Waals surface area (Å²) in [6.45, 7) is 1.81. The first-order valence-electron chi connectivity index (χ1n) is 8.69. The number of nitrogens with zero attached hydrogens (tertiary/aromatic N) is 1. The summed E-state index contributed by atoms with van der Waals surface area (Å²) in [5.74, 6) is -0.928. The molecule has 0 unspecified atom stereocenters. The highest BCUT2D eigenvalue weighted by molar-refractivity contribution is 6.42. The van der Waals surface area contributed by atoms with E-state index in [9.17, 15) is 9.59 Å². The minimum absolute atomic E-state index is 0.159. The van der Waals surface area contributed by atoms with E-state index in [0.29, 0.717) is 21.2 Å². The van der Waals surface area contributed by atoms with Crippen LogP contribution in [0.25, 0.3) is 12.2 Å². The van der Waals surface area contributed by atoms with Crippen molar-refractivity contribution in [2.75, 3.05) is 13.7 Å². The molecule has 0 aromatic heterocycles. The number of carbonyl (C=O) groups is 2. The molecule has 0 saturated carbocycles. The van der Waals surface area contributed by atoms with Crippen molar-refractivity contribution in [2.45, 2.75) is 6.92 Å². The van der Waals surface area contributed by atoms with Crippen LogP contribution in [0.4, 0.5) is 0 Å². The van der Waals surface area contributed by atoms with Crippen LogP contribution in [-0.2, 0) is 14.3 Å². The zero-order valence-corrected chi connectivity index (χ0v) is 17.7. The minimum Gasteiger partial charge on any atom is -0.493 e. The van der Waals surface area contributed by atoms with E-state index in [1.165, 1.54) is 37.5 Å².